The van der Waals surface area contributed by atoms with E-state index in [2.05, 4.69) is 71.0 Å². The number of hydrogen-bond donors (Lipinski definition) is 0. The molecule has 0 unspecified atom stereocenters. The van der Waals surface area contributed by atoms with E-state index in [9.17, 15) is 0 Å². The normalized spacial score (nSPS) is 10.9. The molecule has 0 spiro atoms. The van der Waals surface area contributed by atoms with E-state index in [0.29, 0.717) is 6.61 Å². The number of ether oxygens (including phenoxy) is 2. The molecule has 3 rings (SSSR count). The highest BCUT2D eigenvalue weighted by atomic mass is 16.5. The highest BCUT2D eigenvalue weighted by Gasteiger charge is 2.20. The Kier molecular flexibility index (Phi) is 7.73. The van der Waals surface area contributed by atoms with Gasteiger partial charge in [0.25, 0.3) is 0 Å². The Labute approximate surface area is 187 Å². The monoisotopic (exact) mass is 417 g/mol. The Bertz CT molecular complexity index is 1020. The Morgan fingerprint density at radius 2 is 1.58 bits per heavy atom. The van der Waals surface area contributed by atoms with E-state index in [4.69, 9.17) is 14.5 Å². The van der Waals surface area contributed by atoms with Crippen molar-refractivity contribution in [2.24, 2.45) is 0 Å². The van der Waals surface area contributed by atoms with E-state index in [1.54, 1.807) is 7.11 Å². The molecule has 1 aromatic heterocycles. The first-order chi connectivity index (χ1) is 15.0. The quantitative estimate of drug-likeness (QED) is 0.374. The van der Waals surface area contributed by atoms with Gasteiger partial charge >= 0.3 is 0 Å². The van der Waals surface area contributed by atoms with Crippen LogP contribution in [0.15, 0.2) is 42.5 Å². The minimum atomic E-state index is 0.439. The van der Waals surface area contributed by atoms with Gasteiger partial charge in [0.05, 0.1) is 18.4 Å². The van der Waals surface area contributed by atoms with Crippen molar-refractivity contribution in [2.45, 2.75) is 66.9 Å². The van der Waals surface area contributed by atoms with Gasteiger partial charge in [0.1, 0.15) is 18.1 Å². The molecule has 164 valence electrons. The van der Waals surface area contributed by atoms with Crippen molar-refractivity contribution in [3.8, 4) is 22.8 Å². The minimum Gasteiger partial charge on any atom is -0.496 e. The number of pyridine rings is 1. The van der Waals surface area contributed by atoms with Crippen LogP contribution < -0.4 is 9.47 Å². The van der Waals surface area contributed by atoms with Gasteiger partial charge in [-0.3, -0.25) is 4.98 Å². The molecule has 31 heavy (non-hydrogen) atoms. The zero-order chi connectivity index (χ0) is 22.4. The standard InChI is InChI=1S/C28H35NO2/c1-7-12-21-13-10-16-24(17-21)31-18-25-20(5)29-27(19(4)28(25)30-6)26-22(8-2)14-11-15-23(26)9-3/h10-11,13-17H,7-9,12,18H2,1-6H3. The van der Waals surface area contributed by atoms with E-state index in [1.807, 2.05) is 6.07 Å². The third kappa shape index (κ3) is 4.92. The fourth-order valence-corrected chi connectivity index (χ4v) is 4.29. The molecular weight excluding hydrogens is 382 g/mol. The molecule has 3 heteroatoms. The second-order valence-corrected chi connectivity index (χ2v) is 8.03. The lowest BCUT2D eigenvalue weighted by atomic mass is 9.91. The van der Waals surface area contributed by atoms with Crippen LogP contribution in [0.25, 0.3) is 11.3 Å². The fourth-order valence-electron chi connectivity index (χ4n) is 4.29. The Morgan fingerprint density at radius 3 is 2.19 bits per heavy atom. The largest absolute Gasteiger partial charge is 0.496 e. The number of rotatable bonds is 9. The van der Waals surface area contributed by atoms with Gasteiger partial charge < -0.3 is 9.47 Å². The van der Waals surface area contributed by atoms with Crippen LogP contribution in [0.1, 0.15) is 60.7 Å². The van der Waals surface area contributed by atoms with Crippen molar-refractivity contribution >= 4 is 0 Å². The molecule has 0 saturated carbocycles. The van der Waals surface area contributed by atoms with Gasteiger partial charge in [-0.25, -0.2) is 0 Å². The zero-order valence-corrected chi connectivity index (χ0v) is 19.8. The van der Waals surface area contributed by atoms with Crippen LogP contribution in [0.3, 0.4) is 0 Å². The molecular formula is C28H35NO2. The average molecular weight is 418 g/mol. The summed E-state index contributed by atoms with van der Waals surface area (Å²) in [7, 11) is 1.74. The fraction of sp³-hybridized carbons (Fsp3) is 0.393. The van der Waals surface area contributed by atoms with Gasteiger partial charge in [-0.2, -0.15) is 0 Å². The van der Waals surface area contributed by atoms with Crippen molar-refractivity contribution in [3.63, 3.8) is 0 Å². The number of aryl methyl sites for hydroxylation is 4. The molecule has 0 radical (unpaired) electrons. The Balaban J connectivity index is 2.01. The molecule has 0 aliphatic rings. The lowest BCUT2D eigenvalue weighted by molar-refractivity contribution is 0.294. The molecule has 0 aliphatic carbocycles. The van der Waals surface area contributed by atoms with E-state index in [0.717, 1.165) is 59.7 Å². The SMILES string of the molecule is CCCc1cccc(OCc2c(C)nc(-c3c(CC)cccc3CC)c(C)c2OC)c1. The summed E-state index contributed by atoms with van der Waals surface area (Å²) in [6.45, 7) is 11.2. The molecule has 0 amide bonds. The van der Waals surface area contributed by atoms with Gasteiger partial charge in [-0.15, -0.1) is 0 Å². The van der Waals surface area contributed by atoms with Crippen molar-refractivity contribution in [2.75, 3.05) is 7.11 Å². The maximum atomic E-state index is 6.17. The summed E-state index contributed by atoms with van der Waals surface area (Å²) in [6, 6.07) is 14.9. The van der Waals surface area contributed by atoms with Gasteiger partial charge in [0.2, 0.25) is 0 Å². The van der Waals surface area contributed by atoms with Gasteiger partial charge in [0.15, 0.2) is 0 Å². The molecule has 0 bridgehead atoms. The van der Waals surface area contributed by atoms with Crippen molar-refractivity contribution in [1.29, 1.82) is 0 Å². The molecule has 0 N–H and O–H groups in total. The maximum absolute atomic E-state index is 6.17. The van der Waals surface area contributed by atoms with Gasteiger partial charge in [-0.1, -0.05) is 57.5 Å². The van der Waals surface area contributed by atoms with Gasteiger partial charge in [-0.05, 0) is 61.9 Å². The average Bonchev–Trinajstić information content (AvgIpc) is 2.79. The van der Waals surface area contributed by atoms with Crippen LogP contribution in [0.4, 0.5) is 0 Å². The van der Waals surface area contributed by atoms with E-state index in [-0.39, 0.29) is 0 Å². The van der Waals surface area contributed by atoms with Crippen LogP contribution in [0.2, 0.25) is 0 Å². The predicted octanol–water partition coefficient (Wildman–Crippen LogP) is 7.03. The molecule has 0 saturated heterocycles. The molecule has 3 aromatic rings. The molecule has 3 nitrogen and oxygen atoms in total. The molecule has 2 aromatic carbocycles. The maximum Gasteiger partial charge on any atom is 0.132 e. The topological polar surface area (TPSA) is 31.4 Å². The third-order valence-corrected chi connectivity index (χ3v) is 5.95. The molecule has 0 aliphatic heterocycles. The molecule has 0 atom stereocenters. The minimum absolute atomic E-state index is 0.439. The number of nitrogens with zero attached hydrogens (tertiary/aromatic N) is 1. The third-order valence-electron chi connectivity index (χ3n) is 5.95. The van der Waals surface area contributed by atoms with E-state index >= 15 is 0 Å². The summed E-state index contributed by atoms with van der Waals surface area (Å²) in [5.41, 5.74) is 9.27. The van der Waals surface area contributed by atoms with Crippen molar-refractivity contribution in [1.82, 2.24) is 4.98 Å². The summed E-state index contributed by atoms with van der Waals surface area (Å²) in [5, 5.41) is 0. The number of hydrogen-bond acceptors (Lipinski definition) is 3. The van der Waals surface area contributed by atoms with Crippen LogP contribution in [-0.2, 0) is 25.9 Å². The lowest BCUT2D eigenvalue weighted by Gasteiger charge is -2.20. The second kappa shape index (κ2) is 10.5. The van der Waals surface area contributed by atoms with Gasteiger partial charge in [0, 0.05) is 16.8 Å². The first kappa shape index (κ1) is 22.9. The van der Waals surface area contributed by atoms with E-state index < -0.39 is 0 Å². The molecule has 1 heterocycles. The lowest BCUT2D eigenvalue weighted by Crippen LogP contribution is -2.08. The summed E-state index contributed by atoms with van der Waals surface area (Å²) >= 11 is 0. The summed E-state index contributed by atoms with van der Waals surface area (Å²) in [6.07, 6.45) is 4.14. The second-order valence-electron chi connectivity index (χ2n) is 8.03. The van der Waals surface area contributed by atoms with Crippen LogP contribution >= 0.6 is 0 Å². The number of aromatic nitrogens is 1. The smallest absolute Gasteiger partial charge is 0.132 e. The van der Waals surface area contributed by atoms with E-state index in [1.165, 1.54) is 22.3 Å². The summed E-state index contributed by atoms with van der Waals surface area (Å²) in [4.78, 5) is 5.07. The summed E-state index contributed by atoms with van der Waals surface area (Å²) in [5.74, 6) is 1.76. The summed E-state index contributed by atoms with van der Waals surface area (Å²) < 4.78 is 12.1. The Morgan fingerprint density at radius 1 is 0.903 bits per heavy atom. The van der Waals surface area contributed by atoms with Crippen molar-refractivity contribution in [3.05, 3.63) is 76.0 Å². The molecule has 0 fully saturated rings. The van der Waals surface area contributed by atoms with Crippen LogP contribution in [0, 0.1) is 13.8 Å². The first-order valence-corrected chi connectivity index (χ1v) is 11.4. The predicted molar refractivity (Wildman–Crippen MR) is 129 cm³/mol. The number of methoxy groups -OCH3 is 1. The van der Waals surface area contributed by atoms with Crippen LogP contribution in [0.5, 0.6) is 11.5 Å². The highest BCUT2D eigenvalue weighted by Crippen LogP contribution is 2.37. The van der Waals surface area contributed by atoms with Crippen LogP contribution in [-0.4, -0.2) is 12.1 Å². The number of benzene rings is 2. The Hall–Kier alpha value is -2.81. The zero-order valence-electron chi connectivity index (χ0n) is 19.8. The first-order valence-electron chi connectivity index (χ1n) is 11.4. The highest BCUT2D eigenvalue weighted by molar-refractivity contribution is 5.73. The van der Waals surface area contributed by atoms with Crippen molar-refractivity contribution < 1.29 is 9.47 Å².